The van der Waals surface area contributed by atoms with Gasteiger partial charge in [0.05, 0.1) is 5.69 Å². The molecule has 0 aliphatic carbocycles. The number of rotatable bonds is 4. The predicted molar refractivity (Wildman–Crippen MR) is 88.6 cm³/mol. The summed E-state index contributed by atoms with van der Waals surface area (Å²) >= 11 is 0. The molecule has 2 aromatic rings. The van der Waals surface area contributed by atoms with Gasteiger partial charge in [-0.25, -0.2) is 0 Å². The molecule has 3 heterocycles. The zero-order valence-electron chi connectivity index (χ0n) is 13.9. The normalized spacial score (nSPS) is 19.5. The predicted octanol–water partition coefficient (Wildman–Crippen LogP) is 2.89. The lowest BCUT2D eigenvalue weighted by atomic mass is 9.93. The van der Waals surface area contributed by atoms with Crippen molar-refractivity contribution in [3.63, 3.8) is 0 Å². The summed E-state index contributed by atoms with van der Waals surface area (Å²) < 4.78 is 2.00. The zero-order chi connectivity index (χ0) is 15.5. The molecule has 0 amide bonds. The van der Waals surface area contributed by atoms with Crippen LogP contribution < -0.4 is 0 Å². The molecule has 22 heavy (non-hydrogen) atoms. The number of aromatic nitrogens is 3. The molecule has 0 saturated carbocycles. The van der Waals surface area contributed by atoms with Crippen LogP contribution in [0.1, 0.15) is 35.5 Å². The summed E-state index contributed by atoms with van der Waals surface area (Å²) in [6.45, 7) is 7.70. The molecule has 3 rings (SSSR count). The Balaban J connectivity index is 1.63. The summed E-state index contributed by atoms with van der Waals surface area (Å²) in [6.07, 6.45) is 5.61. The van der Waals surface area contributed by atoms with E-state index in [9.17, 15) is 0 Å². The molecule has 4 nitrogen and oxygen atoms in total. The van der Waals surface area contributed by atoms with E-state index in [2.05, 4.69) is 41.0 Å². The van der Waals surface area contributed by atoms with Crippen molar-refractivity contribution in [2.75, 3.05) is 13.1 Å². The van der Waals surface area contributed by atoms with Crippen LogP contribution in [0.2, 0.25) is 0 Å². The van der Waals surface area contributed by atoms with E-state index in [0.717, 1.165) is 18.9 Å². The third kappa shape index (κ3) is 3.38. The van der Waals surface area contributed by atoms with Crippen molar-refractivity contribution in [1.82, 2.24) is 19.7 Å². The third-order valence-corrected chi connectivity index (χ3v) is 4.87. The second kappa shape index (κ2) is 6.61. The van der Waals surface area contributed by atoms with Gasteiger partial charge in [0.1, 0.15) is 0 Å². The van der Waals surface area contributed by atoms with Crippen LogP contribution in [0.25, 0.3) is 0 Å². The van der Waals surface area contributed by atoms with Crippen LogP contribution in [0.4, 0.5) is 0 Å². The van der Waals surface area contributed by atoms with E-state index in [1.807, 2.05) is 24.0 Å². The molecule has 4 heteroatoms. The van der Waals surface area contributed by atoms with Crippen LogP contribution >= 0.6 is 0 Å². The SMILES string of the molecule is Cc1nn(C)c(C)c1CN1CCC[C@@H](Cc2ccccn2)C1. The van der Waals surface area contributed by atoms with E-state index < -0.39 is 0 Å². The van der Waals surface area contributed by atoms with Crippen LogP contribution in [-0.2, 0) is 20.0 Å². The average molecular weight is 298 g/mol. The first-order valence-corrected chi connectivity index (χ1v) is 8.25. The molecule has 0 N–H and O–H groups in total. The third-order valence-electron chi connectivity index (χ3n) is 4.87. The average Bonchev–Trinajstić information content (AvgIpc) is 2.75. The van der Waals surface area contributed by atoms with Crippen molar-refractivity contribution in [1.29, 1.82) is 0 Å². The highest BCUT2D eigenvalue weighted by Gasteiger charge is 2.22. The van der Waals surface area contributed by atoms with E-state index in [1.165, 1.54) is 48.6 Å². The fourth-order valence-corrected chi connectivity index (χ4v) is 3.55. The topological polar surface area (TPSA) is 34.0 Å². The van der Waals surface area contributed by atoms with Gasteiger partial charge in [-0.15, -0.1) is 0 Å². The summed E-state index contributed by atoms with van der Waals surface area (Å²) in [6, 6.07) is 6.23. The summed E-state index contributed by atoms with van der Waals surface area (Å²) in [5.74, 6) is 0.723. The van der Waals surface area contributed by atoms with Gasteiger partial charge >= 0.3 is 0 Å². The summed E-state index contributed by atoms with van der Waals surface area (Å²) in [7, 11) is 2.03. The number of pyridine rings is 1. The van der Waals surface area contributed by atoms with E-state index in [-0.39, 0.29) is 0 Å². The Bertz CT molecular complexity index is 618. The van der Waals surface area contributed by atoms with Gasteiger partial charge in [-0.1, -0.05) is 6.07 Å². The largest absolute Gasteiger partial charge is 0.299 e. The number of nitrogens with zero attached hydrogens (tertiary/aromatic N) is 4. The summed E-state index contributed by atoms with van der Waals surface area (Å²) in [5, 5.41) is 4.54. The molecule has 1 aliphatic heterocycles. The first-order valence-electron chi connectivity index (χ1n) is 8.25. The molecule has 0 aromatic carbocycles. The molecule has 1 aliphatic rings. The summed E-state index contributed by atoms with van der Waals surface area (Å²) in [5.41, 5.74) is 5.10. The number of hydrogen-bond acceptors (Lipinski definition) is 3. The Labute approximate surface area is 133 Å². The fourth-order valence-electron chi connectivity index (χ4n) is 3.55. The Hall–Kier alpha value is -1.68. The molecular formula is C18H26N4. The molecule has 1 atom stereocenters. The number of likely N-dealkylation sites (tertiary alicyclic amines) is 1. The number of hydrogen-bond donors (Lipinski definition) is 0. The Morgan fingerprint density at radius 1 is 1.27 bits per heavy atom. The van der Waals surface area contributed by atoms with Gasteiger partial charge < -0.3 is 0 Å². The Kier molecular flexibility index (Phi) is 4.57. The minimum absolute atomic E-state index is 0.723. The summed E-state index contributed by atoms with van der Waals surface area (Å²) in [4.78, 5) is 7.07. The minimum Gasteiger partial charge on any atom is -0.299 e. The Morgan fingerprint density at radius 2 is 2.14 bits per heavy atom. The van der Waals surface area contributed by atoms with E-state index in [1.54, 1.807) is 0 Å². The van der Waals surface area contributed by atoms with Crippen molar-refractivity contribution in [3.8, 4) is 0 Å². The maximum atomic E-state index is 4.54. The van der Waals surface area contributed by atoms with Crippen molar-refractivity contribution in [2.24, 2.45) is 13.0 Å². The molecule has 0 unspecified atom stereocenters. The smallest absolute Gasteiger partial charge is 0.0641 e. The van der Waals surface area contributed by atoms with Gasteiger partial charge in [-0.05, 0) is 57.7 Å². The van der Waals surface area contributed by atoms with E-state index >= 15 is 0 Å². The van der Waals surface area contributed by atoms with E-state index in [0.29, 0.717) is 0 Å². The van der Waals surface area contributed by atoms with Crippen LogP contribution in [0.15, 0.2) is 24.4 Å². The standard InChI is InChI=1S/C18H26N4/c1-14-18(15(2)21(3)20-14)13-22-10-6-7-16(12-22)11-17-8-4-5-9-19-17/h4-5,8-9,16H,6-7,10-13H2,1-3H3/t16-/m0/s1. The van der Waals surface area contributed by atoms with Gasteiger partial charge in [0.15, 0.2) is 0 Å². The van der Waals surface area contributed by atoms with Crippen molar-refractivity contribution >= 4 is 0 Å². The highest BCUT2D eigenvalue weighted by atomic mass is 15.3. The molecule has 0 radical (unpaired) electrons. The maximum absolute atomic E-state index is 4.54. The molecule has 1 saturated heterocycles. The second-order valence-corrected chi connectivity index (χ2v) is 6.54. The maximum Gasteiger partial charge on any atom is 0.0641 e. The highest BCUT2D eigenvalue weighted by molar-refractivity contribution is 5.24. The second-order valence-electron chi connectivity index (χ2n) is 6.54. The lowest BCUT2D eigenvalue weighted by Crippen LogP contribution is -2.36. The van der Waals surface area contributed by atoms with Crippen LogP contribution in [0.5, 0.6) is 0 Å². The van der Waals surface area contributed by atoms with Crippen molar-refractivity contribution in [2.45, 2.75) is 39.7 Å². The van der Waals surface area contributed by atoms with Gasteiger partial charge in [-0.3, -0.25) is 14.6 Å². The van der Waals surface area contributed by atoms with Crippen LogP contribution in [0.3, 0.4) is 0 Å². The van der Waals surface area contributed by atoms with Gasteiger partial charge in [0.25, 0.3) is 0 Å². The fraction of sp³-hybridized carbons (Fsp3) is 0.556. The lowest BCUT2D eigenvalue weighted by Gasteiger charge is -2.32. The van der Waals surface area contributed by atoms with Crippen molar-refractivity contribution < 1.29 is 0 Å². The minimum atomic E-state index is 0.723. The van der Waals surface area contributed by atoms with Crippen molar-refractivity contribution in [3.05, 3.63) is 47.0 Å². The number of piperidine rings is 1. The van der Waals surface area contributed by atoms with E-state index in [4.69, 9.17) is 0 Å². The molecule has 2 aromatic heterocycles. The molecule has 118 valence electrons. The molecule has 1 fully saturated rings. The quantitative estimate of drug-likeness (QED) is 0.870. The molecule has 0 spiro atoms. The monoisotopic (exact) mass is 298 g/mol. The van der Waals surface area contributed by atoms with Gasteiger partial charge in [0.2, 0.25) is 0 Å². The van der Waals surface area contributed by atoms with Crippen LogP contribution in [0, 0.1) is 19.8 Å². The molecule has 0 bridgehead atoms. The van der Waals surface area contributed by atoms with Gasteiger partial charge in [0, 0.05) is 43.3 Å². The number of aryl methyl sites for hydroxylation is 2. The molecular weight excluding hydrogens is 272 g/mol. The lowest BCUT2D eigenvalue weighted by molar-refractivity contribution is 0.166. The first-order chi connectivity index (χ1) is 10.6. The first kappa shape index (κ1) is 15.2. The van der Waals surface area contributed by atoms with Crippen LogP contribution in [-0.4, -0.2) is 32.8 Å². The zero-order valence-corrected chi connectivity index (χ0v) is 13.9. The Morgan fingerprint density at radius 3 is 2.82 bits per heavy atom. The highest BCUT2D eigenvalue weighted by Crippen LogP contribution is 2.23. The van der Waals surface area contributed by atoms with Gasteiger partial charge in [-0.2, -0.15) is 5.10 Å².